The van der Waals surface area contributed by atoms with Crippen molar-refractivity contribution in [1.82, 2.24) is 15.5 Å². The lowest BCUT2D eigenvalue weighted by molar-refractivity contribution is 0.0919. The quantitative estimate of drug-likeness (QED) is 0.382. The first kappa shape index (κ1) is 20.6. The van der Waals surface area contributed by atoms with Crippen LogP contribution in [0, 0.1) is 6.92 Å². The molecule has 0 aliphatic rings. The molecule has 0 bridgehead atoms. The van der Waals surface area contributed by atoms with E-state index in [4.69, 9.17) is 4.42 Å². The highest BCUT2D eigenvalue weighted by Crippen LogP contribution is 2.33. The molecule has 4 rings (SSSR count). The lowest BCUT2D eigenvalue weighted by Crippen LogP contribution is -2.36. The van der Waals surface area contributed by atoms with Gasteiger partial charge in [-0.3, -0.25) is 4.79 Å². The fraction of sp³-hybridized carbons (Fsp3) is 0.261. The van der Waals surface area contributed by atoms with Crippen molar-refractivity contribution in [2.24, 2.45) is 0 Å². The maximum atomic E-state index is 13.1. The number of hydrogen-bond acceptors (Lipinski definition) is 6. The third kappa shape index (κ3) is 4.42. The van der Waals surface area contributed by atoms with E-state index in [9.17, 15) is 4.79 Å². The zero-order chi connectivity index (χ0) is 21.1. The molecule has 0 atom stereocenters. The van der Waals surface area contributed by atoms with Gasteiger partial charge >= 0.3 is 0 Å². The van der Waals surface area contributed by atoms with Gasteiger partial charge in [-0.25, -0.2) is 0 Å². The van der Waals surface area contributed by atoms with Crippen LogP contribution in [0.1, 0.15) is 40.5 Å². The van der Waals surface area contributed by atoms with E-state index in [1.807, 2.05) is 49.4 Å². The highest BCUT2D eigenvalue weighted by Gasteiger charge is 2.25. The first-order valence-electron chi connectivity index (χ1n) is 9.71. The van der Waals surface area contributed by atoms with Crippen molar-refractivity contribution in [2.75, 3.05) is 6.54 Å². The first-order valence-corrected chi connectivity index (χ1v) is 11.5. The smallest absolute Gasteiger partial charge is 0.287 e. The fourth-order valence-corrected chi connectivity index (χ4v) is 5.11. The Morgan fingerprint density at radius 2 is 1.83 bits per heavy atom. The predicted molar refractivity (Wildman–Crippen MR) is 122 cm³/mol. The number of aryl methyl sites for hydroxylation is 1. The molecule has 2 aromatic carbocycles. The van der Waals surface area contributed by atoms with Crippen LogP contribution < -0.4 is 5.32 Å². The number of fused-ring (bicyclic) bond motifs is 1. The summed E-state index contributed by atoms with van der Waals surface area (Å²) in [5.41, 5.74) is 2.59. The summed E-state index contributed by atoms with van der Waals surface area (Å²) in [5.74, 6) is 0.768. The molecule has 7 heteroatoms. The average molecular weight is 438 g/mol. The molecule has 30 heavy (non-hydrogen) atoms. The molecular weight excluding hydrogens is 414 g/mol. The number of carbonyl (C=O) groups is 1. The maximum absolute atomic E-state index is 13.1. The molecule has 0 saturated heterocycles. The molecule has 2 aromatic heterocycles. The minimum absolute atomic E-state index is 0.193. The van der Waals surface area contributed by atoms with Crippen molar-refractivity contribution < 1.29 is 9.21 Å². The largest absolute Gasteiger partial charge is 0.451 e. The molecule has 0 unspecified atom stereocenters. The Balaban J connectivity index is 1.55. The van der Waals surface area contributed by atoms with Crippen LogP contribution in [-0.2, 0) is 11.2 Å². The van der Waals surface area contributed by atoms with E-state index >= 15 is 0 Å². The number of rotatable bonds is 7. The van der Waals surface area contributed by atoms with Gasteiger partial charge in [-0.1, -0.05) is 85.5 Å². The third-order valence-electron chi connectivity index (χ3n) is 5.00. The van der Waals surface area contributed by atoms with Gasteiger partial charge in [0.15, 0.2) is 10.1 Å². The highest BCUT2D eigenvalue weighted by atomic mass is 32.2. The van der Waals surface area contributed by atoms with Crippen molar-refractivity contribution in [3.63, 3.8) is 0 Å². The van der Waals surface area contributed by atoms with E-state index in [2.05, 4.69) is 41.5 Å². The summed E-state index contributed by atoms with van der Waals surface area (Å²) in [5, 5.41) is 13.2. The minimum atomic E-state index is -0.195. The van der Waals surface area contributed by atoms with E-state index in [0.717, 1.165) is 20.3 Å². The van der Waals surface area contributed by atoms with Crippen molar-refractivity contribution >= 4 is 40.0 Å². The number of amides is 1. The monoisotopic (exact) mass is 437 g/mol. The molecule has 5 nitrogen and oxygen atoms in total. The number of aromatic nitrogens is 2. The number of nitrogens with one attached hydrogen (secondary N) is 1. The predicted octanol–water partition coefficient (Wildman–Crippen LogP) is 5.59. The number of carbonyl (C=O) groups excluding carboxylic acids is 1. The van der Waals surface area contributed by atoms with Crippen molar-refractivity contribution in [1.29, 1.82) is 0 Å². The van der Waals surface area contributed by atoms with Crippen LogP contribution in [0.2, 0.25) is 0 Å². The molecule has 0 fully saturated rings. The molecule has 0 saturated carbocycles. The first-order chi connectivity index (χ1) is 14.4. The number of furan rings is 1. The second-order valence-corrected chi connectivity index (χ2v) is 10.1. The lowest BCUT2D eigenvalue weighted by atomic mass is 9.84. The van der Waals surface area contributed by atoms with Crippen LogP contribution in [-0.4, -0.2) is 22.6 Å². The number of para-hydroxylation sites is 1. The minimum Gasteiger partial charge on any atom is -0.451 e. The average Bonchev–Trinajstić information content (AvgIpc) is 3.34. The highest BCUT2D eigenvalue weighted by molar-refractivity contribution is 8.00. The van der Waals surface area contributed by atoms with E-state index in [0.29, 0.717) is 23.6 Å². The van der Waals surface area contributed by atoms with Crippen LogP contribution in [0.3, 0.4) is 0 Å². The van der Waals surface area contributed by atoms with Crippen LogP contribution in [0.5, 0.6) is 0 Å². The van der Waals surface area contributed by atoms with E-state index in [1.165, 1.54) is 5.56 Å². The zero-order valence-corrected chi connectivity index (χ0v) is 18.8. The van der Waals surface area contributed by atoms with Crippen LogP contribution in [0.4, 0.5) is 0 Å². The molecule has 1 N–H and O–H groups in total. The Morgan fingerprint density at radius 1 is 1.10 bits per heavy atom. The van der Waals surface area contributed by atoms with Crippen molar-refractivity contribution in [3.05, 3.63) is 76.5 Å². The van der Waals surface area contributed by atoms with E-state index < -0.39 is 0 Å². The molecule has 154 valence electrons. The topological polar surface area (TPSA) is 68.0 Å². The van der Waals surface area contributed by atoms with Gasteiger partial charge in [0.1, 0.15) is 10.6 Å². The Bertz CT molecular complexity index is 1170. The number of hydrogen-bond donors (Lipinski definition) is 1. The zero-order valence-electron chi connectivity index (χ0n) is 17.1. The Morgan fingerprint density at radius 3 is 2.57 bits per heavy atom. The van der Waals surface area contributed by atoms with Crippen LogP contribution in [0.15, 0.2) is 63.4 Å². The van der Waals surface area contributed by atoms with Gasteiger partial charge in [-0.2, -0.15) is 0 Å². The summed E-state index contributed by atoms with van der Waals surface area (Å²) in [7, 11) is 0. The third-order valence-corrected chi connectivity index (χ3v) is 7.00. The molecule has 4 aromatic rings. The summed E-state index contributed by atoms with van der Waals surface area (Å²) < 4.78 is 6.85. The van der Waals surface area contributed by atoms with Gasteiger partial charge in [0.2, 0.25) is 0 Å². The lowest BCUT2D eigenvalue weighted by Gasteiger charge is -2.25. The maximum Gasteiger partial charge on any atom is 0.287 e. The van der Waals surface area contributed by atoms with Gasteiger partial charge in [-0.05, 0) is 18.6 Å². The van der Waals surface area contributed by atoms with E-state index in [1.54, 1.807) is 23.1 Å². The molecule has 2 heterocycles. The summed E-state index contributed by atoms with van der Waals surface area (Å²) in [6.07, 6.45) is 0. The SMILES string of the molecule is Cc1nnc(SCc2c(C(=O)NCC(C)(C)c3ccccc3)oc3ccccc23)s1. The fourth-order valence-electron chi connectivity index (χ4n) is 3.27. The summed E-state index contributed by atoms with van der Waals surface area (Å²) in [6.45, 7) is 6.68. The summed E-state index contributed by atoms with van der Waals surface area (Å²) in [6, 6.07) is 18.0. The van der Waals surface area contributed by atoms with Gasteiger partial charge in [0.05, 0.1) is 0 Å². The number of benzene rings is 2. The van der Waals surface area contributed by atoms with Crippen molar-refractivity contribution in [3.8, 4) is 0 Å². The van der Waals surface area contributed by atoms with Gasteiger partial charge in [0.25, 0.3) is 5.91 Å². The summed E-state index contributed by atoms with van der Waals surface area (Å²) >= 11 is 3.12. The van der Waals surface area contributed by atoms with Gasteiger partial charge < -0.3 is 9.73 Å². The molecule has 1 amide bonds. The van der Waals surface area contributed by atoms with Gasteiger partial charge in [-0.15, -0.1) is 10.2 Å². The van der Waals surface area contributed by atoms with Crippen LogP contribution in [0.25, 0.3) is 11.0 Å². The second-order valence-electron chi connectivity index (χ2n) is 7.71. The van der Waals surface area contributed by atoms with Crippen molar-refractivity contribution in [2.45, 2.75) is 36.3 Å². The second kappa shape index (κ2) is 8.62. The van der Waals surface area contributed by atoms with Crippen LogP contribution >= 0.6 is 23.1 Å². The van der Waals surface area contributed by atoms with Gasteiger partial charge in [0, 0.05) is 28.7 Å². The summed E-state index contributed by atoms with van der Waals surface area (Å²) in [4.78, 5) is 13.1. The molecule has 0 spiro atoms. The number of thioether (sulfide) groups is 1. The molecular formula is C23H23N3O2S2. The normalized spacial score (nSPS) is 11.7. The Labute approximate surface area is 183 Å². The Hall–Kier alpha value is -2.64. The van der Waals surface area contributed by atoms with E-state index in [-0.39, 0.29) is 11.3 Å². The molecule has 0 aliphatic heterocycles. The standard InChI is InChI=1S/C23H23N3O2S2/c1-15-25-26-22(30-15)29-13-18-17-11-7-8-12-19(17)28-20(18)21(27)24-14-23(2,3)16-9-5-4-6-10-16/h4-12H,13-14H2,1-3H3,(H,24,27). The Kier molecular flexibility index (Phi) is 5.92. The number of nitrogens with zero attached hydrogens (tertiary/aromatic N) is 2. The molecule has 0 aliphatic carbocycles. The molecule has 0 radical (unpaired) electrons.